The molecule has 38 heavy (non-hydrogen) atoms. The van der Waals surface area contributed by atoms with Crippen molar-refractivity contribution < 1.29 is 9.18 Å². The van der Waals surface area contributed by atoms with Crippen molar-refractivity contribution in [3.8, 4) is 6.07 Å². The van der Waals surface area contributed by atoms with Crippen LogP contribution in [0.2, 0.25) is 0 Å². The number of thiocarbonyl (C=S) groups is 1. The van der Waals surface area contributed by atoms with E-state index in [1.807, 2.05) is 17.9 Å². The van der Waals surface area contributed by atoms with E-state index in [0.717, 1.165) is 12.8 Å². The maximum Gasteiger partial charge on any atom is 0.270 e. The summed E-state index contributed by atoms with van der Waals surface area (Å²) < 4.78 is 16.6. The third kappa shape index (κ3) is 5.26. The van der Waals surface area contributed by atoms with Crippen molar-refractivity contribution in [3.63, 3.8) is 0 Å². The van der Waals surface area contributed by atoms with Gasteiger partial charge in [0, 0.05) is 44.8 Å². The zero-order valence-corrected chi connectivity index (χ0v) is 23.2. The number of aromatic nitrogens is 1. The number of amides is 1. The highest BCUT2D eigenvalue weighted by Gasteiger charge is 2.33. The van der Waals surface area contributed by atoms with Crippen LogP contribution in [0.4, 0.5) is 15.9 Å². The van der Waals surface area contributed by atoms with Crippen molar-refractivity contribution >= 4 is 51.8 Å². The molecule has 1 aromatic heterocycles. The molecular weight excluding hydrogens is 521 g/mol. The van der Waals surface area contributed by atoms with E-state index in [4.69, 9.17) is 12.2 Å². The normalized spacial score (nSPS) is 16.9. The summed E-state index contributed by atoms with van der Waals surface area (Å²) in [6.45, 7) is 10.5. The largest absolute Gasteiger partial charge is 0.366 e. The lowest BCUT2D eigenvalue weighted by Gasteiger charge is -2.39. The number of benzene rings is 1. The maximum atomic E-state index is 14.4. The van der Waals surface area contributed by atoms with Crippen LogP contribution >= 0.6 is 24.0 Å². The van der Waals surface area contributed by atoms with Gasteiger partial charge in [-0.2, -0.15) is 5.26 Å². The molecule has 0 N–H and O–H groups in total. The van der Waals surface area contributed by atoms with E-state index in [2.05, 4.69) is 17.5 Å². The summed E-state index contributed by atoms with van der Waals surface area (Å²) in [5.74, 6) is 0.193. The molecule has 0 atom stereocenters. The third-order valence-corrected chi connectivity index (χ3v) is 8.19. The Morgan fingerprint density at radius 1 is 1.18 bits per heavy atom. The average molecular weight is 552 g/mol. The first-order valence-electron chi connectivity index (χ1n) is 12.6. The van der Waals surface area contributed by atoms with Crippen LogP contribution < -0.4 is 15.4 Å². The first-order chi connectivity index (χ1) is 18.3. The number of halogens is 1. The molecular formula is C28H30FN5O2S2. The molecule has 4 rings (SSSR count). The topological polar surface area (TPSA) is 72.6 Å². The Bertz CT molecular complexity index is 1400. The van der Waals surface area contributed by atoms with Crippen molar-refractivity contribution in [1.29, 1.82) is 5.26 Å². The van der Waals surface area contributed by atoms with Gasteiger partial charge in [0.1, 0.15) is 27.6 Å². The smallest absolute Gasteiger partial charge is 0.270 e. The van der Waals surface area contributed by atoms with E-state index in [0.29, 0.717) is 71.1 Å². The summed E-state index contributed by atoms with van der Waals surface area (Å²) in [5, 5.41) is 9.88. The first kappa shape index (κ1) is 27.6. The Balaban J connectivity index is 1.81. The number of para-hydroxylation sites is 1. The van der Waals surface area contributed by atoms with Crippen molar-refractivity contribution in [2.75, 3.05) is 42.5 Å². The quantitative estimate of drug-likeness (QED) is 0.268. The zero-order valence-electron chi connectivity index (χ0n) is 21.6. The van der Waals surface area contributed by atoms with Crippen LogP contribution in [0, 0.1) is 24.1 Å². The first-order valence-corrected chi connectivity index (χ1v) is 13.8. The molecule has 2 fully saturated rings. The van der Waals surface area contributed by atoms with Gasteiger partial charge in [0.15, 0.2) is 0 Å². The molecule has 0 unspecified atom stereocenters. The maximum absolute atomic E-state index is 14.4. The molecule has 198 valence electrons. The fourth-order valence-corrected chi connectivity index (χ4v) is 6.05. The van der Waals surface area contributed by atoms with E-state index in [1.165, 1.54) is 22.7 Å². The van der Waals surface area contributed by atoms with Crippen LogP contribution in [0.1, 0.15) is 36.5 Å². The number of hydrogen-bond donors (Lipinski definition) is 0. The van der Waals surface area contributed by atoms with E-state index < -0.39 is 0 Å². The Morgan fingerprint density at radius 2 is 1.87 bits per heavy atom. The highest BCUT2D eigenvalue weighted by Crippen LogP contribution is 2.36. The number of rotatable bonds is 8. The number of anilines is 2. The molecule has 2 saturated heterocycles. The third-order valence-electron chi connectivity index (χ3n) is 6.81. The number of carbonyl (C=O) groups excluding carboxylic acids is 1. The van der Waals surface area contributed by atoms with Gasteiger partial charge in [0.25, 0.3) is 11.5 Å². The standard InChI is InChI=1S/C28H30FN5O2S2/c1-4-6-12-33-25(32-15-13-31(14-16-32)23-10-8-7-9-22(23)29)20(19(3)21(18-30)26(33)35)17-24-27(36)34(11-5-2)28(37)38-24/h5,7-10,17H,2,4,6,11-16H2,1,3H3. The molecule has 7 nitrogen and oxygen atoms in total. The van der Waals surface area contributed by atoms with E-state index >= 15 is 0 Å². The number of piperazine rings is 1. The summed E-state index contributed by atoms with van der Waals surface area (Å²) in [6.07, 6.45) is 5.02. The molecule has 0 radical (unpaired) electrons. The number of unbranched alkanes of at least 4 members (excludes halogenated alkanes) is 1. The Hall–Kier alpha value is -3.42. The molecule has 0 saturated carbocycles. The molecule has 10 heteroatoms. The minimum Gasteiger partial charge on any atom is -0.366 e. The lowest BCUT2D eigenvalue weighted by atomic mass is 10.0. The second-order valence-corrected chi connectivity index (χ2v) is 10.8. The SMILES string of the molecule is C=CCN1C(=O)C(=Cc2c(C)c(C#N)c(=O)n(CCCC)c2N2CCN(c3ccccc3F)CC2)SC1=S. The van der Waals surface area contributed by atoms with Crippen LogP contribution in [0.5, 0.6) is 0 Å². The Kier molecular flexibility index (Phi) is 8.69. The molecule has 0 bridgehead atoms. The zero-order chi connectivity index (χ0) is 27.4. The molecule has 2 aliphatic heterocycles. The van der Waals surface area contributed by atoms with Crippen molar-refractivity contribution in [1.82, 2.24) is 9.47 Å². The summed E-state index contributed by atoms with van der Waals surface area (Å²) in [6, 6.07) is 8.80. The van der Waals surface area contributed by atoms with Crippen molar-refractivity contribution in [3.05, 3.63) is 74.7 Å². The van der Waals surface area contributed by atoms with Gasteiger partial charge in [-0.15, -0.1) is 6.58 Å². The van der Waals surface area contributed by atoms with E-state index in [-0.39, 0.29) is 22.8 Å². The van der Waals surface area contributed by atoms with Crippen LogP contribution in [-0.4, -0.2) is 52.4 Å². The molecule has 2 aromatic rings. The minimum absolute atomic E-state index is 0.0719. The van der Waals surface area contributed by atoms with Gasteiger partial charge in [-0.1, -0.05) is 55.5 Å². The van der Waals surface area contributed by atoms with Crippen LogP contribution in [0.3, 0.4) is 0 Å². The van der Waals surface area contributed by atoms with Gasteiger partial charge >= 0.3 is 0 Å². The predicted molar refractivity (Wildman–Crippen MR) is 156 cm³/mol. The molecule has 1 amide bonds. The summed E-state index contributed by atoms with van der Waals surface area (Å²) in [4.78, 5) is 32.6. The average Bonchev–Trinajstić information content (AvgIpc) is 3.18. The fraction of sp³-hybridized carbons (Fsp3) is 0.357. The van der Waals surface area contributed by atoms with Gasteiger partial charge in [0.05, 0.1) is 10.6 Å². The lowest BCUT2D eigenvalue weighted by molar-refractivity contribution is -0.121. The number of carbonyl (C=O) groups is 1. The number of pyridine rings is 1. The highest BCUT2D eigenvalue weighted by atomic mass is 32.2. The van der Waals surface area contributed by atoms with Gasteiger partial charge in [-0.05, 0) is 37.1 Å². The number of nitrogens with zero attached hydrogens (tertiary/aromatic N) is 5. The van der Waals surface area contributed by atoms with Gasteiger partial charge < -0.3 is 9.80 Å². The number of nitriles is 1. The minimum atomic E-state index is -0.332. The molecule has 0 spiro atoms. The molecule has 0 aliphatic carbocycles. The summed E-state index contributed by atoms with van der Waals surface area (Å²) >= 11 is 6.62. The second kappa shape index (κ2) is 12.0. The molecule has 3 heterocycles. The number of thioether (sulfide) groups is 1. The Morgan fingerprint density at radius 3 is 2.50 bits per heavy atom. The van der Waals surface area contributed by atoms with Crippen LogP contribution in [-0.2, 0) is 11.3 Å². The van der Waals surface area contributed by atoms with E-state index in [9.17, 15) is 19.2 Å². The van der Waals surface area contributed by atoms with Crippen molar-refractivity contribution in [2.24, 2.45) is 0 Å². The monoisotopic (exact) mass is 551 g/mol. The molecule has 2 aliphatic rings. The van der Waals surface area contributed by atoms with Crippen LogP contribution in [0.15, 0.2) is 46.6 Å². The molecule has 1 aromatic carbocycles. The number of hydrogen-bond acceptors (Lipinski definition) is 7. The van der Waals surface area contributed by atoms with Crippen LogP contribution in [0.25, 0.3) is 6.08 Å². The van der Waals surface area contributed by atoms with Gasteiger partial charge in [0.2, 0.25) is 0 Å². The van der Waals surface area contributed by atoms with Gasteiger partial charge in [-0.3, -0.25) is 19.1 Å². The predicted octanol–water partition coefficient (Wildman–Crippen LogP) is 4.68. The summed E-state index contributed by atoms with van der Waals surface area (Å²) in [5.41, 5.74) is 1.49. The summed E-state index contributed by atoms with van der Waals surface area (Å²) in [7, 11) is 0. The Labute approximate surface area is 231 Å². The fourth-order valence-electron chi connectivity index (χ4n) is 4.79. The second-order valence-electron chi connectivity index (χ2n) is 9.17. The highest BCUT2D eigenvalue weighted by molar-refractivity contribution is 8.26. The van der Waals surface area contributed by atoms with Gasteiger partial charge in [-0.25, -0.2) is 4.39 Å². The van der Waals surface area contributed by atoms with E-state index in [1.54, 1.807) is 35.8 Å². The van der Waals surface area contributed by atoms with Crippen molar-refractivity contribution in [2.45, 2.75) is 33.2 Å². The lowest BCUT2D eigenvalue weighted by Crippen LogP contribution is -2.49.